The minimum atomic E-state index is -0.823. The summed E-state index contributed by atoms with van der Waals surface area (Å²) in [5.41, 5.74) is 4.50. The Balaban J connectivity index is 1.29. The van der Waals surface area contributed by atoms with Crippen molar-refractivity contribution in [3.05, 3.63) is 132 Å². The van der Waals surface area contributed by atoms with Crippen LogP contribution in [0.5, 0.6) is 11.5 Å². The zero-order valence-corrected chi connectivity index (χ0v) is 23.5. The number of fused-ring (bicyclic) bond motifs is 6. The molecule has 212 valence electrons. The number of morpholine rings is 1. The van der Waals surface area contributed by atoms with Gasteiger partial charge in [0.05, 0.1) is 23.8 Å². The molecule has 4 aromatic carbocycles. The van der Waals surface area contributed by atoms with Crippen molar-refractivity contribution in [2.45, 2.75) is 36.3 Å². The van der Waals surface area contributed by atoms with Crippen molar-refractivity contribution in [2.24, 2.45) is 0 Å². The first-order valence-corrected chi connectivity index (χ1v) is 15.0. The smallest absolute Gasteiger partial charge is 0.163 e. The Labute approximate surface area is 249 Å². The lowest BCUT2D eigenvalue weighted by Gasteiger charge is -2.54. The molecule has 1 aromatic heterocycles. The fraction of sp³-hybridized carbons (Fsp3) is 0.189. The average molecular weight is 566 g/mol. The maximum atomic E-state index is 7.13. The molecule has 6 heteroatoms. The van der Waals surface area contributed by atoms with Crippen LogP contribution in [0, 0.1) is 0 Å². The highest BCUT2D eigenvalue weighted by molar-refractivity contribution is 6.08. The summed E-state index contributed by atoms with van der Waals surface area (Å²) in [6, 6.07) is 31.4. The number of ether oxygens (including phenoxy) is 3. The van der Waals surface area contributed by atoms with Crippen molar-refractivity contribution < 1.29 is 14.2 Å². The van der Waals surface area contributed by atoms with Gasteiger partial charge < -0.3 is 24.5 Å². The van der Waals surface area contributed by atoms with Crippen LogP contribution in [0.3, 0.4) is 0 Å². The fourth-order valence-electron chi connectivity index (χ4n) is 7.32. The van der Waals surface area contributed by atoms with Gasteiger partial charge in [-0.3, -0.25) is 5.32 Å². The van der Waals surface area contributed by atoms with E-state index in [1.165, 1.54) is 10.8 Å². The molecule has 5 atom stereocenters. The lowest BCUT2D eigenvalue weighted by Crippen LogP contribution is -2.71. The standard InChI is InChI=1S/C37H31N3O3/c1-6-17-30-23(10-1)20-21-34(42-30)37(26-13-9-12-25-24-11-2-3-14-27(24)39-35(25)26)36(43-32-19-8-5-16-29(32)40-37)33-22-38-28-15-4-7-18-31(28)41-33/h1-15,17-21,29,33-34,36,38-40H,16,22H2. The van der Waals surface area contributed by atoms with Gasteiger partial charge in [0.25, 0.3) is 0 Å². The molecule has 4 aliphatic rings. The van der Waals surface area contributed by atoms with Crippen LogP contribution in [0.1, 0.15) is 17.5 Å². The van der Waals surface area contributed by atoms with E-state index in [1.54, 1.807) is 0 Å². The van der Waals surface area contributed by atoms with Crippen LogP contribution < -0.4 is 20.1 Å². The van der Waals surface area contributed by atoms with Gasteiger partial charge in [0.15, 0.2) is 12.2 Å². The van der Waals surface area contributed by atoms with Gasteiger partial charge in [0, 0.05) is 27.4 Å². The molecule has 1 fully saturated rings. The summed E-state index contributed by atoms with van der Waals surface area (Å²) in [6.07, 6.45) is 10.4. The third-order valence-electron chi connectivity index (χ3n) is 9.29. The molecule has 3 N–H and O–H groups in total. The molecule has 5 unspecified atom stereocenters. The second-order valence-corrected chi connectivity index (χ2v) is 11.7. The van der Waals surface area contributed by atoms with Gasteiger partial charge in [0.1, 0.15) is 28.9 Å². The zero-order chi connectivity index (χ0) is 28.4. The molecule has 6 nitrogen and oxygen atoms in total. The summed E-state index contributed by atoms with van der Waals surface area (Å²) >= 11 is 0. The van der Waals surface area contributed by atoms with Crippen molar-refractivity contribution in [1.29, 1.82) is 0 Å². The summed E-state index contributed by atoms with van der Waals surface area (Å²) in [6.45, 7) is 0.592. The number of aromatic nitrogens is 1. The minimum Gasteiger partial charge on any atom is -0.487 e. The first-order valence-electron chi connectivity index (χ1n) is 15.0. The maximum Gasteiger partial charge on any atom is 0.163 e. The molecule has 3 aliphatic heterocycles. The van der Waals surface area contributed by atoms with E-state index in [0.29, 0.717) is 6.54 Å². The summed E-state index contributed by atoms with van der Waals surface area (Å²) in [5.74, 6) is 2.61. The number of hydrogen-bond donors (Lipinski definition) is 3. The molecule has 43 heavy (non-hydrogen) atoms. The van der Waals surface area contributed by atoms with Crippen LogP contribution in [-0.4, -0.2) is 35.9 Å². The van der Waals surface area contributed by atoms with E-state index >= 15 is 0 Å². The number of nitrogens with one attached hydrogen (secondary N) is 3. The number of para-hydroxylation sites is 5. The number of anilines is 1. The first-order chi connectivity index (χ1) is 21.3. The number of rotatable bonds is 3. The summed E-state index contributed by atoms with van der Waals surface area (Å²) in [5, 5.41) is 10.1. The molecule has 0 amide bonds. The second-order valence-electron chi connectivity index (χ2n) is 11.7. The van der Waals surface area contributed by atoms with Crippen molar-refractivity contribution in [1.82, 2.24) is 10.3 Å². The summed E-state index contributed by atoms with van der Waals surface area (Å²) in [4.78, 5) is 3.78. The van der Waals surface area contributed by atoms with Gasteiger partial charge in [-0.05, 0) is 42.8 Å². The number of H-pyrrole nitrogens is 1. The number of hydrogen-bond acceptors (Lipinski definition) is 5. The Morgan fingerprint density at radius 2 is 1.60 bits per heavy atom. The molecular formula is C37H31N3O3. The monoisotopic (exact) mass is 565 g/mol. The van der Waals surface area contributed by atoms with Gasteiger partial charge in [-0.2, -0.15) is 0 Å². The molecule has 0 saturated carbocycles. The summed E-state index contributed by atoms with van der Waals surface area (Å²) < 4.78 is 20.9. The van der Waals surface area contributed by atoms with Gasteiger partial charge in [-0.25, -0.2) is 0 Å². The number of benzene rings is 4. The third kappa shape index (κ3) is 3.76. The van der Waals surface area contributed by atoms with Crippen LogP contribution in [0.15, 0.2) is 121 Å². The lowest BCUT2D eigenvalue weighted by atomic mass is 9.73. The quantitative estimate of drug-likeness (QED) is 0.219. The van der Waals surface area contributed by atoms with E-state index in [4.69, 9.17) is 14.2 Å². The normalized spacial score (nSPS) is 27.1. The Morgan fingerprint density at radius 3 is 2.58 bits per heavy atom. The zero-order valence-electron chi connectivity index (χ0n) is 23.5. The Bertz CT molecular complexity index is 1970. The van der Waals surface area contributed by atoms with Crippen LogP contribution >= 0.6 is 0 Å². The highest BCUT2D eigenvalue weighted by Gasteiger charge is 2.59. The van der Waals surface area contributed by atoms with Crippen LogP contribution in [-0.2, 0) is 10.3 Å². The first kappa shape index (κ1) is 24.6. The van der Waals surface area contributed by atoms with Crippen molar-refractivity contribution in [3.8, 4) is 11.5 Å². The lowest BCUT2D eigenvalue weighted by molar-refractivity contribution is -0.113. The van der Waals surface area contributed by atoms with Crippen molar-refractivity contribution in [2.75, 3.05) is 11.9 Å². The van der Waals surface area contributed by atoms with Crippen molar-refractivity contribution >= 4 is 33.6 Å². The second kappa shape index (κ2) is 9.54. The molecule has 1 saturated heterocycles. The van der Waals surface area contributed by atoms with Gasteiger partial charge in [0.2, 0.25) is 0 Å². The highest BCUT2D eigenvalue weighted by atomic mass is 16.6. The minimum absolute atomic E-state index is 0.0149. The SMILES string of the molecule is C1=CCC2NC(c3cccc4c3[nH]c3ccccc34)(C3C=Cc4ccccc4O3)C(C3CNc4ccccc4O3)OC2=C1. The third-order valence-corrected chi connectivity index (χ3v) is 9.29. The van der Waals surface area contributed by atoms with E-state index in [9.17, 15) is 0 Å². The molecule has 9 rings (SSSR count). The van der Waals surface area contributed by atoms with E-state index < -0.39 is 17.7 Å². The Kier molecular flexibility index (Phi) is 5.47. The highest BCUT2D eigenvalue weighted by Crippen LogP contribution is 2.48. The molecule has 1 aliphatic carbocycles. The average Bonchev–Trinajstić information content (AvgIpc) is 3.46. The molecule has 5 aromatic rings. The van der Waals surface area contributed by atoms with Gasteiger partial charge in [-0.1, -0.05) is 85.0 Å². The van der Waals surface area contributed by atoms with E-state index in [-0.39, 0.29) is 12.1 Å². The van der Waals surface area contributed by atoms with Crippen LogP contribution in [0.2, 0.25) is 0 Å². The van der Waals surface area contributed by atoms with Crippen LogP contribution in [0.25, 0.3) is 27.9 Å². The predicted molar refractivity (Wildman–Crippen MR) is 170 cm³/mol. The number of aromatic amines is 1. The largest absolute Gasteiger partial charge is 0.487 e. The maximum absolute atomic E-state index is 7.13. The predicted octanol–water partition coefficient (Wildman–Crippen LogP) is 7.06. The molecule has 0 radical (unpaired) electrons. The Morgan fingerprint density at radius 1 is 0.767 bits per heavy atom. The molecule has 4 heterocycles. The van der Waals surface area contributed by atoms with E-state index in [0.717, 1.165) is 51.5 Å². The van der Waals surface area contributed by atoms with Gasteiger partial charge in [-0.15, -0.1) is 0 Å². The molecule has 0 bridgehead atoms. The number of allylic oxidation sites excluding steroid dienone is 2. The van der Waals surface area contributed by atoms with Crippen molar-refractivity contribution in [3.63, 3.8) is 0 Å². The molecular weight excluding hydrogens is 534 g/mol. The molecule has 0 spiro atoms. The fourth-order valence-corrected chi connectivity index (χ4v) is 7.32. The Hall–Kier alpha value is -4.94. The summed E-state index contributed by atoms with van der Waals surface area (Å²) in [7, 11) is 0. The van der Waals surface area contributed by atoms with Crippen LogP contribution in [0.4, 0.5) is 5.69 Å². The topological polar surface area (TPSA) is 67.5 Å². The van der Waals surface area contributed by atoms with E-state index in [1.807, 2.05) is 36.4 Å². The van der Waals surface area contributed by atoms with E-state index in [2.05, 4.69) is 101 Å². The van der Waals surface area contributed by atoms with Gasteiger partial charge >= 0.3 is 0 Å².